The van der Waals surface area contributed by atoms with E-state index in [-0.39, 0.29) is 5.69 Å². The molecule has 0 bridgehead atoms. The fourth-order valence-electron chi connectivity index (χ4n) is 1.37. The highest BCUT2D eigenvalue weighted by atomic mass is 79.9. The number of nitro groups is 1. The van der Waals surface area contributed by atoms with Gasteiger partial charge in [-0.3, -0.25) is 15.1 Å². The van der Waals surface area contributed by atoms with Crippen molar-refractivity contribution < 1.29 is 9.34 Å². The van der Waals surface area contributed by atoms with Gasteiger partial charge in [0.1, 0.15) is 11.5 Å². The fraction of sp³-hybridized carbons (Fsp3) is 0.0833. The molecule has 5 nitrogen and oxygen atoms in total. The Balaban J connectivity index is 2.24. The lowest BCUT2D eigenvalue weighted by Gasteiger charge is -1.97. The van der Waals surface area contributed by atoms with E-state index in [1.165, 1.54) is 12.1 Å². The van der Waals surface area contributed by atoms with Crippen LogP contribution in [-0.2, 0) is 0 Å². The molecule has 2 rings (SSSR count). The SMILES string of the molecule is Cc1ccc(C=Nc2ccc([N+](=O)[O-])cc2Br)o1. The third kappa shape index (κ3) is 2.84. The highest BCUT2D eigenvalue weighted by molar-refractivity contribution is 9.10. The van der Waals surface area contributed by atoms with Gasteiger partial charge in [0, 0.05) is 12.1 Å². The Morgan fingerprint density at radius 1 is 1.39 bits per heavy atom. The third-order valence-electron chi connectivity index (χ3n) is 2.23. The molecule has 0 aliphatic carbocycles. The Morgan fingerprint density at radius 2 is 2.17 bits per heavy atom. The van der Waals surface area contributed by atoms with Crippen molar-refractivity contribution in [1.82, 2.24) is 0 Å². The van der Waals surface area contributed by atoms with Crippen LogP contribution in [0.3, 0.4) is 0 Å². The highest BCUT2D eigenvalue weighted by Gasteiger charge is 2.08. The lowest BCUT2D eigenvalue weighted by molar-refractivity contribution is -0.384. The van der Waals surface area contributed by atoms with Crippen molar-refractivity contribution in [2.45, 2.75) is 6.92 Å². The second-order valence-electron chi connectivity index (χ2n) is 3.60. The van der Waals surface area contributed by atoms with Crippen LogP contribution in [-0.4, -0.2) is 11.1 Å². The molecule has 2 aromatic rings. The number of furan rings is 1. The molecule has 1 aromatic carbocycles. The Labute approximate surface area is 111 Å². The Bertz CT molecular complexity index is 620. The first-order valence-electron chi connectivity index (χ1n) is 5.11. The second-order valence-corrected chi connectivity index (χ2v) is 4.45. The van der Waals surface area contributed by atoms with Gasteiger partial charge >= 0.3 is 0 Å². The van der Waals surface area contributed by atoms with Gasteiger partial charge in [0.05, 0.1) is 21.3 Å². The third-order valence-corrected chi connectivity index (χ3v) is 2.87. The molecule has 0 saturated heterocycles. The predicted octanol–water partition coefficient (Wildman–Crippen LogP) is 4.01. The average molecular weight is 309 g/mol. The highest BCUT2D eigenvalue weighted by Crippen LogP contribution is 2.29. The van der Waals surface area contributed by atoms with E-state index in [9.17, 15) is 10.1 Å². The standard InChI is InChI=1S/C12H9BrN2O3/c1-8-2-4-10(18-8)7-14-12-5-3-9(15(16)17)6-11(12)13/h2-7H,1H3. The van der Waals surface area contributed by atoms with Crippen LogP contribution in [0.1, 0.15) is 11.5 Å². The molecule has 1 heterocycles. The van der Waals surface area contributed by atoms with Gasteiger partial charge in [-0.25, -0.2) is 0 Å². The van der Waals surface area contributed by atoms with E-state index in [1.807, 2.05) is 13.0 Å². The number of hydrogen-bond acceptors (Lipinski definition) is 4. The minimum Gasteiger partial charge on any atom is -0.460 e. The molecule has 0 fully saturated rings. The molecule has 0 radical (unpaired) electrons. The molecule has 18 heavy (non-hydrogen) atoms. The normalized spacial score (nSPS) is 11.0. The van der Waals surface area contributed by atoms with E-state index >= 15 is 0 Å². The zero-order valence-electron chi connectivity index (χ0n) is 9.46. The Morgan fingerprint density at radius 3 is 2.72 bits per heavy atom. The van der Waals surface area contributed by atoms with Crippen molar-refractivity contribution in [3.8, 4) is 0 Å². The molecule has 0 unspecified atom stereocenters. The van der Waals surface area contributed by atoms with Gasteiger partial charge in [-0.1, -0.05) is 0 Å². The predicted molar refractivity (Wildman–Crippen MR) is 71.5 cm³/mol. The van der Waals surface area contributed by atoms with E-state index in [4.69, 9.17) is 4.42 Å². The summed E-state index contributed by atoms with van der Waals surface area (Å²) in [6.07, 6.45) is 1.57. The van der Waals surface area contributed by atoms with Crippen molar-refractivity contribution in [1.29, 1.82) is 0 Å². The molecule has 0 aliphatic rings. The molecule has 0 atom stereocenters. The summed E-state index contributed by atoms with van der Waals surface area (Å²) in [7, 11) is 0. The van der Waals surface area contributed by atoms with Crippen LogP contribution in [0.4, 0.5) is 11.4 Å². The maximum Gasteiger partial charge on any atom is 0.270 e. The Hall–Kier alpha value is -1.95. The number of benzene rings is 1. The summed E-state index contributed by atoms with van der Waals surface area (Å²) in [5, 5.41) is 10.6. The van der Waals surface area contributed by atoms with Crippen LogP contribution >= 0.6 is 15.9 Å². The summed E-state index contributed by atoms with van der Waals surface area (Å²) in [4.78, 5) is 14.3. The van der Waals surface area contributed by atoms with Crippen LogP contribution in [0.15, 0.2) is 44.2 Å². The summed E-state index contributed by atoms with van der Waals surface area (Å²) < 4.78 is 5.90. The van der Waals surface area contributed by atoms with Gasteiger partial charge < -0.3 is 4.42 Å². The van der Waals surface area contributed by atoms with E-state index in [2.05, 4.69) is 20.9 Å². The fourth-order valence-corrected chi connectivity index (χ4v) is 1.84. The summed E-state index contributed by atoms with van der Waals surface area (Å²) in [5.74, 6) is 1.44. The minimum atomic E-state index is -0.450. The molecule has 0 amide bonds. The Kier molecular flexibility index (Phi) is 3.57. The van der Waals surface area contributed by atoms with Crippen LogP contribution in [0, 0.1) is 17.0 Å². The molecule has 6 heteroatoms. The second kappa shape index (κ2) is 5.14. The maximum atomic E-state index is 10.6. The van der Waals surface area contributed by atoms with Gasteiger partial charge in [0.25, 0.3) is 5.69 Å². The van der Waals surface area contributed by atoms with Crippen LogP contribution in [0.25, 0.3) is 0 Å². The number of halogens is 1. The average Bonchev–Trinajstić information content (AvgIpc) is 2.73. The van der Waals surface area contributed by atoms with E-state index < -0.39 is 4.92 Å². The van der Waals surface area contributed by atoms with Gasteiger partial charge in [-0.2, -0.15) is 0 Å². The monoisotopic (exact) mass is 308 g/mol. The van der Waals surface area contributed by atoms with E-state index in [1.54, 1.807) is 18.3 Å². The van der Waals surface area contributed by atoms with Gasteiger partial charge in [0.15, 0.2) is 0 Å². The number of aryl methyl sites for hydroxylation is 1. The first-order chi connectivity index (χ1) is 8.56. The first-order valence-corrected chi connectivity index (χ1v) is 5.90. The topological polar surface area (TPSA) is 68.6 Å². The zero-order valence-corrected chi connectivity index (χ0v) is 11.0. The summed E-state index contributed by atoms with van der Waals surface area (Å²) in [5.41, 5.74) is 0.629. The van der Waals surface area contributed by atoms with Crippen molar-refractivity contribution >= 4 is 33.5 Å². The minimum absolute atomic E-state index is 0.0228. The van der Waals surface area contributed by atoms with Crippen molar-refractivity contribution in [2.75, 3.05) is 0 Å². The van der Waals surface area contributed by atoms with Gasteiger partial charge in [0.2, 0.25) is 0 Å². The maximum absolute atomic E-state index is 10.6. The van der Waals surface area contributed by atoms with Gasteiger partial charge in [-0.15, -0.1) is 0 Å². The number of nitrogens with zero attached hydrogens (tertiary/aromatic N) is 2. The summed E-state index contributed by atoms with van der Waals surface area (Å²) in [6.45, 7) is 1.85. The van der Waals surface area contributed by atoms with Crippen molar-refractivity contribution in [3.63, 3.8) is 0 Å². The van der Waals surface area contributed by atoms with Crippen LogP contribution < -0.4 is 0 Å². The molecule has 0 aliphatic heterocycles. The quantitative estimate of drug-likeness (QED) is 0.488. The largest absolute Gasteiger partial charge is 0.460 e. The summed E-state index contributed by atoms with van der Waals surface area (Å²) in [6, 6.07) is 8.05. The van der Waals surface area contributed by atoms with Crippen molar-refractivity contribution in [3.05, 3.63) is 56.4 Å². The number of rotatable bonds is 3. The van der Waals surface area contributed by atoms with E-state index in [0.29, 0.717) is 15.9 Å². The molecule has 92 valence electrons. The zero-order chi connectivity index (χ0) is 13.1. The molecule has 0 saturated carbocycles. The number of aliphatic imine (C=N–C) groups is 1. The molecule has 0 N–H and O–H groups in total. The lowest BCUT2D eigenvalue weighted by atomic mass is 10.3. The smallest absolute Gasteiger partial charge is 0.270 e. The number of nitro benzene ring substituents is 1. The van der Waals surface area contributed by atoms with E-state index in [0.717, 1.165) is 5.76 Å². The molecule has 0 spiro atoms. The number of non-ortho nitro benzene ring substituents is 1. The van der Waals surface area contributed by atoms with Crippen LogP contribution in [0.5, 0.6) is 0 Å². The first kappa shape index (κ1) is 12.5. The number of hydrogen-bond donors (Lipinski definition) is 0. The van der Waals surface area contributed by atoms with Gasteiger partial charge in [-0.05, 0) is 41.1 Å². The molecular weight excluding hydrogens is 300 g/mol. The van der Waals surface area contributed by atoms with Crippen LogP contribution in [0.2, 0.25) is 0 Å². The molecule has 1 aromatic heterocycles. The summed E-state index contributed by atoms with van der Waals surface area (Å²) >= 11 is 3.25. The van der Waals surface area contributed by atoms with Crippen molar-refractivity contribution in [2.24, 2.45) is 4.99 Å². The molecular formula is C12H9BrN2O3. The lowest BCUT2D eigenvalue weighted by Crippen LogP contribution is -1.87.